The number of nitrogens with zero attached hydrogens (tertiary/aromatic N) is 3. The number of hydrogen-bond acceptors (Lipinski definition) is 4. The standard InChI is InChI=1S/C17H22ClFN4O2/c18-14-2-1-3-15(19)13(14)10-21-6-8-22(9-7-21)12-17(25)23-5-4-20-16(24)11-23/h1-3H,4-12H2,(H,20,24). The fourth-order valence-electron chi connectivity index (χ4n) is 3.16. The smallest absolute Gasteiger partial charge is 0.239 e. The predicted octanol–water partition coefficient (Wildman–Crippen LogP) is 0.555. The van der Waals surface area contributed by atoms with Crippen molar-refractivity contribution >= 4 is 23.4 Å². The lowest BCUT2D eigenvalue weighted by Gasteiger charge is -2.36. The lowest BCUT2D eigenvalue weighted by atomic mass is 10.2. The SMILES string of the molecule is O=C1CN(C(=O)CN2CCN(Cc3c(F)cccc3Cl)CC2)CCN1. The van der Waals surface area contributed by atoms with Gasteiger partial charge in [-0.25, -0.2) is 4.39 Å². The van der Waals surface area contributed by atoms with Gasteiger partial charge in [0.1, 0.15) is 5.82 Å². The van der Waals surface area contributed by atoms with Crippen molar-refractivity contribution in [1.82, 2.24) is 20.0 Å². The van der Waals surface area contributed by atoms with Gasteiger partial charge in [-0.2, -0.15) is 0 Å². The van der Waals surface area contributed by atoms with Crippen LogP contribution in [0.2, 0.25) is 5.02 Å². The summed E-state index contributed by atoms with van der Waals surface area (Å²) in [6.45, 7) is 4.98. The summed E-state index contributed by atoms with van der Waals surface area (Å²) in [5.74, 6) is -0.403. The Bertz CT molecular complexity index is 629. The fraction of sp³-hybridized carbons (Fsp3) is 0.529. The number of benzene rings is 1. The molecule has 3 rings (SSSR count). The van der Waals surface area contributed by atoms with Crippen LogP contribution in [0.4, 0.5) is 4.39 Å². The quantitative estimate of drug-likeness (QED) is 0.843. The van der Waals surface area contributed by atoms with Crippen LogP contribution < -0.4 is 5.32 Å². The predicted molar refractivity (Wildman–Crippen MR) is 92.7 cm³/mol. The van der Waals surface area contributed by atoms with Gasteiger partial charge >= 0.3 is 0 Å². The van der Waals surface area contributed by atoms with E-state index < -0.39 is 0 Å². The summed E-state index contributed by atoms with van der Waals surface area (Å²) >= 11 is 6.08. The summed E-state index contributed by atoms with van der Waals surface area (Å²) in [6.07, 6.45) is 0. The number of nitrogens with one attached hydrogen (secondary N) is 1. The second kappa shape index (κ2) is 8.12. The first-order valence-corrected chi connectivity index (χ1v) is 8.83. The summed E-state index contributed by atoms with van der Waals surface area (Å²) in [5.41, 5.74) is 0.521. The van der Waals surface area contributed by atoms with Crippen molar-refractivity contribution in [1.29, 1.82) is 0 Å². The zero-order chi connectivity index (χ0) is 17.8. The second-order valence-corrected chi connectivity index (χ2v) is 6.82. The first-order chi connectivity index (χ1) is 12.0. The van der Waals surface area contributed by atoms with Gasteiger partial charge in [-0.1, -0.05) is 17.7 Å². The highest BCUT2D eigenvalue weighted by atomic mass is 35.5. The van der Waals surface area contributed by atoms with Crippen LogP contribution in [0.15, 0.2) is 18.2 Å². The van der Waals surface area contributed by atoms with Crippen LogP contribution in [0.3, 0.4) is 0 Å². The van der Waals surface area contributed by atoms with Crippen LogP contribution in [0, 0.1) is 5.82 Å². The van der Waals surface area contributed by atoms with Crippen molar-refractivity contribution in [3.8, 4) is 0 Å². The van der Waals surface area contributed by atoms with Crippen molar-refractivity contribution < 1.29 is 14.0 Å². The summed E-state index contributed by atoms with van der Waals surface area (Å²) < 4.78 is 13.9. The van der Waals surface area contributed by atoms with Crippen molar-refractivity contribution in [2.45, 2.75) is 6.54 Å². The molecule has 1 aromatic carbocycles. The van der Waals surface area contributed by atoms with Crippen molar-refractivity contribution in [2.24, 2.45) is 0 Å². The molecular weight excluding hydrogens is 347 g/mol. The van der Waals surface area contributed by atoms with Crippen molar-refractivity contribution in [3.63, 3.8) is 0 Å². The van der Waals surface area contributed by atoms with Crippen LogP contribution in [0.25, 0.3) is 0 Å². The molecule has 0 unspecified atom stereocenters. The highest BCUT2D eigenvalue weighted by Crippen LogP contribution is 2.21. The molecular formula is C17H22ClFN4O2. The second-order valence-electron chi connectivity index (χ2n) is 6.42. The third-order valence-electron chi connectivity index (χ3n) is 4.66. The van der Waals surface area contributed by atoms with Gasteiger partial charge in [0.05, 0.1) is 13.1 Å². The molecule has 0 bridgehead atoms. The molecule has 2 saturated heterocycles. The van der Waals surface area contributed by atoms with E-state index in [-0.39, 0.29) is 24.2 Å². The van der Waals surface area contributed by atoms with Crippen LogP contribution in [-0.2, 0) is 16.1 Å². The van der Waals surface area contributed by atoms with Crippen LogP contribution in [0.5, 0.6) is 0 Å². The Morgan fingerprint density at radius 2 is 1.88 bits per heavy atom. The monoisotopic (exact) mass is 368 g/mol. The zero-order valence-corrected chi connectivity index (χ0v) is 14.8. The molecule has 1 aromatic rings. The minimum absolute atomic E-state index is 0.0135. The Kier molecular flexibility index (Phi) is 5.88. The number of amides is 2. The Labute approximate surface area is 151 Å². The van der Waals surface area contributed by atoms with Gasteiger partial charge in [0.2, 0.25) is 11.8 Å². The molecule has 2 amide bonds. The van der Waals surface area contributed by atoms with Gasteiger partial charge in [0.15, 0.2) is 0 Å². The summed E-state index contributed by atoms with van der Waals surface area (Å²) in [6, 6.07) is 4.72. The number of hydrogen-bond donors (Lipinski definition) is 1. The number of carbonyl (C=O) groups is 2. The minimum atomic E-state index is -0.284. The highest BCUT2D eigenvalue weighted by Gasteiger charge is 2.25. The molecule has 25 heavy (non-hydrogen) atoms. The van der Waals surface area contributed by atoms with E-state index in [0.29, 0.717) is 36.8 Å². The fourth-order valence-corrected chi connectivity index (χ4v) is 3.38. The van der Waals surface area contributed by atoms with E-state index in [1.54, 1.807) is 17.0 Å². The summed E-state index contributed by atoms with van der Waals surface area (Å²) in [5, 5.41) is 3.16. The van der Waals surface area contributed by atoms with Gasteiger partial charge in [-0.3, -0.25) is 19.4 Å². The van der Waals surface area contributed by atoms with Gasteiger partial charge in [0, 0.05) is 56.4 Å². The lowest BCUT2D eigenvalue weighted by Crippen LogP contribution is -2.54. The van der Waals surface area contributed by atoms with E-state index in [1.807, 2.05) is 0 Å². The average Bonchev–Trinajstić information content (AvgIpc) is 2.60. The number of carbonyl (C=O) groups excluding carboxylic acids is 2. The molecule has 0 aliphatic carbocycles. The van der Waals surface area contributed by atoms with Gasteiger partial charge in [-0.15, -0.1) is 0 Å². The maximum absolute atomic E-state index is 13.9. The molecule has 6 nitrogen and oxygen atoms in total. The van der Waals surface area contributed by atoms with Gasteiger partial charge in [0.25, 0.3) is 0 Å². The molecule has 8 heteroatoms. The summed E-state index contributed by atoms with van der Waals surface area (Å²) in [7, 11) is 0. The molecule has 0 saturated carbocycles. The molecule has 2 aliphatic heterocycles. The molecule has 0 spiro atoms. The summed E-state index contributed by atoms with van der Waals surface area (Å²) in [4.78, 5) is 29.5. The van der Waals surface area contributed by atoms with E-state index in [1.165, 1.54) is 6.07 Å². The lowest BCUT2D eigenvalue weighted by molar-refractivity contribution is -0.139. The molecule has 2 aliphatic rings. The Morgan fingerprint density at radius 3 is 2.56 bits per heavy atom. The van der Waals surface area contributed by atoms with E-state index in [9.17, 15) is 14.0 Å². The zero-order valence-electron chi connectivity index (χ0n) is 14.0. The Morgan fingerprint density at radius 1 is 1.16 bits per heavy atom. The molecule has 2 fully saturated rings. The van der Waals surface area contributed by atoms with Crippen molar-refractivity contribution in [3.05, 3.63) is 34.6 Å². The van der Waals surface area contributed by atoms with Crippen molar-refractivity contribution in [2.75, 3.05) is 52.4 Å². The minimum Gasteiger partial charge on any atom is -0.353 e. The number of halogens is 2. The van der Waals surface area contributed by atoms with E-state index in [0.717, 1.165) is 26.2 Å². The maximum atomic E-state index is 13.9. The highest BCUT2D eigenvalue weighted by molar-refractivity contribution is 6.31. The van der Waals surface area contributed by atoms with E-state index >= 15 is 0 Å². The molecule has 2 heterocycles. The molecule has 0 aromatic heterocycles. The van der Waals surface area contributed by atoms with Gasteiger partial charge < -0.3 is 10.2 Å². The first-order valence-electron chi connectivity index (χ1n) is 8.45. The molecule has 136 valence electrons. The third-order valence-corrected chi connectivity index (χ3v) is 5.01. The largest absolute Gasteiger partial charge is 0.353 e. The normalized spacial score (nSPS) is 19.8. The number of piperazine rings is 2. The van der Waals surface area contributed by atoms with Crippen LogP contribution >= 0.6 is 11.6 Å². The molecule has 1 N–H and O–H groups in total. The van der Waals surface area contributed by atoms with E-state index in [2.05, 4.69) is 15.1 Å². The molecule has 0 atom stereocenters. The van der Waals surface area contributed by atoms with Crippen LogP contribution in [-0.4, -0.2) is 78.9 Å². The number of rotatable bonds is 4. The maximum Gasteiger partial charge on any atom is 0.239 e. The van der Waals surface area contributed by atoms with E-state index in [4.69, 9.17) is 11.6 Å². The Hall–Kier alpha value is -1.70. The first kappa shape index (κ1) is 18.1. The van der Waals surface area contributed by atoms with Crippen LogP contribution in [0.1, 0.15) is 5.56 Å². The molecule has 0 radical (unpaired) electrons. The third kappa shape index (κ3) is 4.68. The Balaban J connectivity index is 1.47. The van der Waals surface area contributed by atoms with Gasteiger partial charge in [-0.05, 0) is 12.1 Å². The average molecular weight is 369 g/mol. The topological polar surface area (TPSA) is 55.9 Å².